The number of rotatable bonds is 3. The predicted octanol–water partition coefficient (Wildman–Crippen LogP) is 1.82. The largest absolute Gasteiger partial charge is 0.409 e. The smallest absolute Gasteiger partial charge is 0.272 e. The Labute approximate surface area is 132 Å². The van der Waals surface area contributed by atoms with Crippen LogP contribution in [0.1, 0.15) is 23.3 Å². The van der Waals surface area contributed by atoms with E-state index < -0.39 is 4.75 Å². The number of hydrogen-bond acceptors (Lipinski definition) is 5. The Bertz CT molecular complexity index is 542. The number of hydrogen-bond donors (Lipinski definition) is 2. The van der Waals surface area contributed by atoms with Gasteiger partial charge in [0, 0.05) is 19.3 Å². The van der Waals surface area contributed by atoms with Gasteiger partial charge >= 0.3 is 0 Å². The molecule has 2 rings (SSSR count). The first-order valence-electron chi connectivity index (χ1n) is 6.46. The highest BCUT2D eigenvalue weighted by Gasteiger charge is 2.39. The molecule has 8 heteroatoms. The molecule has 21 heavy (non-hydrogen) atoms. The maximum absolute atomic E-state index is 12.4. The number of likely N-dealkylation sites (tertiary alicyclic amines) is 1. The Morgan fingerprint density at radius 3 is 2.67 bits per heavy atom. The second kappa shape index (κ2) is 6.53. The Morgan fingerprint density at radius 2 is 2.19 bits per heavy atom. The van der Waals surface area contributed by atoms with Gasteiger partial charge in [0.25, 0.3) is 5.91 Å². The van der Waals surface area contributed by atoms with Crippen LogP contribution in [0.2, 0.25) is 5.02 Å². The Hall–Kier alpha value is -1.47. The molecule has 1 aliphatic rings. The van der Waals surface area contributed by atoms with Crippen molar-refractivity contribution in [3.8, 4) is 0 Å². The Morgan fingerprint density at radius 1 is 1.52 bits per heavy atom. The minimum atomic E-state index is -0.404. The van der Waals surface area contributed by atoms with Gasteiger partial charge in [0.1, 0.15) is 5.69 Å². The van der Waals surface area contributed by atoms with E-state index in [0.717, 1.165) is 0 Å². The van der Waals surface area contributed by atoms with Gasteiger partial charge in [-0.25, -0.2) is 4.98 Å². The van der Waals surface area contributed by atoms with Crippen molar-refractivity contribution in [3.63, 3.8) is 0 Å². The SMILES string of the molecule is CSC1(C(N)=NO)CCN(C(=O)c2ccc(Cl)cn2)CC1. The van der Waals surface area contributed by atoms with Crippen LogP contribution in [-0.2, 0) is 0 Å². The minimum absolute atomic E-state index is 0.124. The zero-order chi connectivity index (χ0) is 15.5. The van der Waals surface area contributed by atoms with E-state index in [1.54, 1.807) is 28.8 Å². The molecule has 0 atom stereocenters. The lowest BCUT2D eigenvalue weighted by atomic mass is 9.94. The van der Waals surface area contributed by atoms with Crippen LogP contribution >= 0.6 is 23.4 Å². The average Bonchev–Trinajstić information content (AvgIpc) is 2.54. The molecule has 1 fully saturated rings. The number of carbonyl (C=O) groups is 1. The summed E-state index contributed by atoms with van der Waals surface area (Å²) in [6, 6.07) is 3.26. The van der Waals surface area contributed by atoms with Crippen LogP contribution in [0.15, 0.2) is 23.5 Å². The molecule has 1 saturated heterocycles. The number of halogens is 1. The topological polar surface area (TPSA) is 91.8 Å². The number of thioether (sulfide) groups is 1. The third kappa shape index (κ3) is 3.24. The number of oxime groups is 1. The maximum atomic E-state index is 12.4. The van der Waals surface area contributed by atoms with E-state index >= 15 is 0 Å². The number of pyridine rings is 1. The summed E-state index contributed by atoms with van der Waals surface area (Å²) in [5.41, 5.74) is 6.17. The summed E-state index contributed by atoms with van der Waals surface area (Å²) < 4.78 is -0.404. The number of piperidine rings is 1. The summed E-state index contributed by atoms with van der Waals surface area (Å²) in [6.45, 7) is 1.08. The molecule has 1 aliphatic heterocycles. The van der Waals surface area contributed by atoms with Gasteiger partial charge in [-0.3, -0.25) is 4.79 Å². The molecule has 0 spiro atoms. The number of amides is 1. The predicted molar refractivity (Wildman–Crippen MR) is 84.0 cm³/mol. The minimum Gasteiger partial charge on any atom is -0.409 e. The molecule has 0 aromatic carbocycles. The monoisotopic (exact) mass is 328 g/mol. The molecule has 0 radical (unpaired) electrons. The summed E-state index contributed by atoms with van der Waals surface area (Å²) in [5.74, 6) is 0.0904. The fourth-order valence-electron chi connectivity index (χ4n) is 2.39. The van der Waals surface area contributed by atoms with Gasteiger partial charge in [-0.1, -0.05) is 16.8 Å². The molecule has 1 aromatic heterocycles. The van der Waals surface area contributed by atoms with Crippen LogP contribution in [0.25, 0.3) is 0 Å². The summed E-state index contributed by atoms with van der Waals surface area (Å²) in [7, 11) is 0. The molecule has 2 heterocycles. The van der Waals surface area contributed by atoms with Gasteiger partial charge in [-0.05, 0) is 31.2 Å². The van der Waals surface area contributed by atoms with E-state index in [2.05, 4.69) is 10.1 Å². The van der Waals surface area contributed by atoms with Crippen molar-refractivity contribution in [1.82, 2.24) is 9.88 Å². The molecule has 1 amide bonds. The van der Waals surface area contributed by atoms with E-state index in [9.17, 15) is 4.79 Å². The van der Waals surface area contributed by atoms with Gasteiger partial charge in [-0.2, -0.15) is 11.8 Å². The Kier molecular flexibility index (Phi) is 4.95. The fraction of sp³-hybridized carbons (Fsp3) is 0.462. The van der Waals surface area contributed by atoms with Gasteiger partial charge in [0.05, 0.1) is 9.77 Å². The van der Waals surface area contributed by atoms with Crippen LogP contribution in [0.4, 0.5) is 0 Å². The average molecular weight is 329 g/mol. The number of aromatic nitrogens is 1. The van der Waals surface area contributed by atoms with Crippen molar-refractivity contribution in [3.05, 3.63) is 29.0 Å². The van der Waals surface area contributed by atoms with E-state index in [4.69, 9.17) is 22.5 Å². The second-order valence-corrected chi connectivity index (χ2v) is 6.46. The molecule has 0 aliphatic carbocycles. The molecule has 3 N–H and O–H groups in total. The molecular formula is C13H17ClN4O2S. The van der Waals surface area contributed by atoms with Gasteiger partial charge in [0.2, 0.25) is 0 Å². The van der Waals surface area contributed by atoms with Crippen molar-refractivity contribution in [2.45, 2.75) is 17.6 Å². The normalized spacial score (nSPS) is 18.6. The molecular weight excluding hydrogens is 312 g/mol. The van der Waals surface area contributed by atoms with Crippen molar-refractivity contribution < 1.29 is 10.0 Å². The van der Waals surface area contributed by atoms with Crippen LogP contribution in [0.5, 0.6) is 0 Å². The third-order valence-electron chi connectivity index (χ3n) is 3.77. The van der Waals surface area contributed by atoms with Crippen molar-refractivity contribution in [1.29, 1.82) is 0 Å². The standard InChI is InChI=1S/C13H17ClN4O2S/c1-21-13(12(15)17-20)4-6-18(7-5-13)11(19)10-3-2-9(14)8-16-10/h2-3,8,20H,4-7H2,1H3,(H2,15,17). The van der Waals surface area contributed by atoms with Gasteiger partial charge in [0.15, 0.2) is 5.84 Å². The maximum Gasteiger partial charge on any atom is 0.272 e. The number of nitrogens with zero attached hydrogens (tertiary/aromatic N) is 3. The lowest BCUT2D eigenvalue weighted by Crippen LogP contribution is -2.51. The van der Waals surface area contributed by atoms with Crippen molar-refractivity contribution >= 4 is 35.1 Å². The van der Waals surface area contributed by atoms with E-state index in [1.807, 2.05) is 6.26 Å². The highest BCUT2D eigenvalue weighted by atomic mass is 35.5. The number of nitrogens with two attached hydrogens (primary N) is 1. The molecule has 0 saturated carbocycles. The summed E-state index contributed by atoms with van der Waals surface area (Å²) in [4.78, 5) is 18.1. The number of amidine groups is 1. The molecule has 114 valence electrons. The van der Waals surface area contributed by atoms with Crippen LogP contribution in [0.3, 0.4) is 0 Å². The molecule has 6 nitrogen and oxygen atoms in total. The van der Waals surface area contributed by atoms with E-state index in [-0.39, 0.29) is 11.7 Å². The van der Waals surface area contributed by atoms with Crippen LogP contribution in [0, 0.1) is 0 Å². The first-order valence-corrected chi connectivity index (χ1v) is 8.06. The van der Waals surface area contributed by atoms with Crippen LogP contribution in [-0.4, -0.2) is 50.9 Å². The Balaban J connectivity index is 2.07. The molecule has 1 aromatic rings. The van der Waals surface area contributed by atoms with Gasteiger partial charge < -0.3 is 15.8 Å². The lowest BCUT2D eigenvalue weighted by molar-refractivity contribution is 0.0712. The second-order valence-electron chi connectivity index (χ2n) is 4.84. The summed E-state index contributed by atoms with van der Waals surface area (Å²) >= 11 is 7.32. The van der Waals surface area contributed by atoms with Crippen molar-refractivity contribution in [2.24, 2.45) is 10.9 Å². The quantitative estimate of drug-likeness (QED) is 0.382. The van der Waals surface area contributed by atoms with E-state index in [0.29, 0.717) is 36.6 Å². The van der Waals surface area contributed by atoms with E-state index in [1.165, 1.54) is 6.20 Å². The zero-order valence-corrected chi connectivity index (χ0v) is 13.2. The zero-order valence-electron chi connectivity index (χ0n) is 11.6. The summed E-state index contributed by atoms with van der Waals surface area (Å²) in [5, 5.41) is 12.5. The number of carbonyl (C=O) groups excluding carboxylic acids is 1. The van der Waals surface area contributed by atoms with Crippen LogP contribution < -0.4 is 5.73 Å². The summed E-state index contributed by atoms with van der Waals surface area (Å²) in [6.07, 6.45) is 4.67. The highest BCUT2D eigenvalue weighted by Crippen LogP contribution is 2.35. The highest BCUT2D eigenvalue weighted by molar-refractivity contribution is 8.00. The first-order chi connectivity index (χ1) is 10.0. The molecule has 0 unspecified atom stereocenters. The van der Waals surface area contributed by atoms with Gasteiger partial charge in [-0.15, -0.1) is 0 Å². The first kappa shape index (κ1) is 15.9. The molecule has 0 bridgehead atoms. The lowest BCUT2D eigenvalue weighted by Gasteiger charge is -2.39. The third-order valence-corrected chi connectivity index (χ3v) is 5.39. The van der Waals surface area contributed by atoms with Crippen molar-refractivity contribution in [2.75, 3.05) is 19.3 Å². The fourth-order valence-corrected chi connectivity index (χ4v) is 3.34.